The first-order valence-electron chi connectivity index (χ1n) is 8.86. The Morgan fingerprint density at radius 3 is 2.87 bits per heavy atom. The van der Waals surface area contributed by atoms with Gasteiger partial charge >= 0.3 is 0 Å². The number of anilines is 1. The van der Waals surface area contributed by atoms with Gasteiger partial charge in [-0.1, -0.05) is 36.0 Å². The SMILES string of the molecule is C=CCn1c(SCC(=O)Nc2nc(-c3cccs3)cs2)nnc1-c1ccccc1F. The molecule has 3 aromatic heterocycles. The summed E-state index contributed by atoms with van der Waals surface area (Å²) in [4.78, 5) is 17.9. The number of thiazole rings is 1. The van der Waals surface area contributed by atoms with Crippen molar-refractivity contribution in [1.29, 1.82) is 0 Å². The van der Waals surface area contributed by atoms with Gasteiger partial charge in [-0.3, -0.25) is 9.36 Å². The molecule has 3 heterocycles. The van der Waals surface area contributed by atoms with Crippen molar-refractivity contribution in [2.45, 2.75) is 11.7 Å². The Labute approximate surface area is 184 Å². The van der Waals surface area contributed by atoms with Gasteiger partial charge in [0.15, 0.2) is 16.1 Å². The first kappa shape index (κ1) is 20.5. The summed E-state index contributed by atoms with van der Waals surface area (Å²) < 4.78 is 15.9. The maximum absolute atomic E-state index is 14.2. The van der Waals surface area contributed by atoms with Gasteiger partial charge in [-0.25, -0.2) is 9.37 Å². The fourth-order valence-electron chi connectivity index (χ4n) is 2.69. The molecule has 6 nitrogen and oxygen atoms in total. The quantitative estimate of drug-likeness (QED) is 0.291. The first-order valence-corrected chi connectivity index (χ1v) is 11.6. The Morgan fingerprint density at radius 1 is 1.23 bits per heavy atom. The number of nitrogens with zero attached hydrogens (tertiary/aromatic N) is 4. The molecular formula is C20H16FN5OS3. The zero-order chi connectivity index (χ0) is 20.9. The molecule has 1 N–H and O–H groups in total. The molecule has 0 atom stereocenters. The van der Waals surface area contributed by atoms with Crippen LogP contribution in [0.3, 0.4) is 0 Å². The Bertz CT molecular complexity index is 1170. The van der Waals surface area contributed by atoms with Gasteiger partial charge in [0.05, 0.1) is 21.9 Å². The Balaban J connectivity index is 1.44. The minimum Gasteiger partial charge on any atom is -0.301 e. The highest BCUT2D eigenvalue weighted by Crippen LogP contribution is 2.29. The van der Waals surface area contributed by atoms with E-state index in [9.17, 15) is 9.18 Å². The minimum atomic E-state index is -0.380. The molecule has 0 unspecified atom stereocenters. The average Bonchev–Trinajstić information content (AvgIpc) is 3.48. The Morgan fingerprint density at radius 2 is 2.10 bits per heavy atom. The molecule has 0 saturated carbocycles. The van der Waals surface area contributed by atoms with Crippen LogP contribution in [-0.4, -0.2) is 31.4 Å². The first-order chi connectivity index (χ1) is 14.7. The third-order valence-corrected chi connectivity index (χ3v) is 6.62. The lowest BCUT2D eigenvalue weighted by Crippen LogP contribution is -2.14. The van der Waals surface area contributed by atoms with Crippen LogP contribution in [0.1, 0.15) is 0 Å². The molecule has 0 aliphatic rings. The van der Waals surface area contributed by atoms with Crippen LogP contribution in [0.4, 0.5) is 9.52 Å². The molecule has 0 saturated heterocycles. The minimum absolute atomic E-state index is 0.125. The number of carbonyl (C=O) groups excluding carboxylic acids is 1. The molecule has 10 heteroatoms. The van der Waals surface area contributed by atoms with Crippen LogP contribution in [0.25, 0.3) is 22.0 Å². The highest BCUT2D eigenvalue weighted by molar-refractivity contribution is 7.99. The van der Waals surface area contributed by atoms with E-state index in [0.717, 1.165) is 10.6 Å². The molecule has 0 spiro atoms. The van der Waals surface area contributed by atoms with Crippen LogP contribution in [0, 0.1) is 5.82 Å². The van der Waals surface area contributed by atoms with E-state index in [2.05, 4.69) is 27.1 Å². The topological polar surface area (TPSA) is 72.7 Å². The van der Waals surface area contributed by atoms with Crippen molar-refractivity contribution in [1.82, 2.24) is 19.7 Å². The Kier molecular flexibility index (Phi) is 6.36. The number of halogens is 1. The molecule has 4 aromatic rings. The van der Waals surface area contributed by atoms with Crippen molar-refractivity contribution in [3.05, 3.63) is 65.6 Å². The van der Waals surface area contributed by atoms with Gasteiger partial charge < -0.3 is 5.32 Å². The second kappa shape index (κ2) is 9.33. The fourth-order valence-corrected chi connectivity index (χ4v) is 4.92. The second-order valence-corrected chi connectivity index (χ2v) is 8.79. The van der Waals surface area contributed by atoms with Gasteiger partial charge in [0.1, 0.15) is 5.82 Å². The number of nitrogens with one attached hydrogen (secondary N) is 1. The Hall–Kier alpha value is -2.82. The number of thiophene rings is 1. The van der Waals surface area contributed by atoms with E-state index < -0.39 is 0 Å². The van der Waals surface area contributed by atoms with Crippen molar-refractivity contribution >= 4 is 45.5 Å². The third-order valence-electron chi connectivity index (χ3n) is 4.00. The smallest absolute Gasteiger partial charge is 0.236 e. The summed E-state index contributed by atoms with van der Waals surface area (Å²) in [5, 5.41) is 16.0. The lowest BCUT2D eigenvalue weighted by molar-refractivity contribution is -0.113. The molecule has 0 bridgehead atoms. The van der Waals surface area contributed by atoms with Crippen molar-refractivity contribution in [2.24, 2.45) is 0 Å². The summed E-state index contributed by atoms with van der Waals surface area (Å²) in [6.07, 6.45) is 1.68. The number of allylic oxidation sites excluding steroid dienone is 1. The number of benzene rings is 1. The van der Waals surface area contributed by atoms with Gasteiger partial charge in [-0.15, -0.1) is 39.4 Å². The van der Waals surface area contributed by atoms with Crippen LogP contribution in [-0.2, 0) is 11.3 Å². The highest BCUT2D eigenvalue weighted by Gasteiger charge is 2.17. The molecule has 4 rings (SSSR count). The van der Waals surface area contributed by atoms with E-state index in [1.54, 1.807) is 40.2 Å². The van der Waals surface area contributed by atoms with Crippen LogP contribution >= 0.6 is 34.4 Å². The number of hydrogen-bond acceptors (Lipinski definition) is 7. The lowest BCUT2D eigenvalue weighted by atomic mass is 10.2. The van der Waals surface area contributed by atoms with E-state index in [-0.39, 0.29) is 17.5 Å². The average molecular weight is 458 g/mol. The van der Waals surface area contributed by atoms with Crippen molar-refractivity contribution in [3.8, 4) is 22.0 Å². The monoisotopic (exact) mass is 457 g/mol. The number of rotatable bonds is 8. The predicted octanol–water partition coefficient (Wildman–Crippen LogP) is 5.19. The summed E-state index contributed by atoms with van der Waals surface area (Å²) in [6, 6.07) is 10.3. The summed E-state index contributed by atoms with van der Waals surface area (Å²) in [7, 11) is 0. The van der Waals surface area contributed by atoms with Crippen molar-refractivity contribution in [3.63, 3.8) is 0 Å². The number of thioether (sulfide) groups is 1. The van der Waals surface area contributed by atoms with E-state index in [1.165, 1.54) is 29.2 Å². The van der Waals surface area contributed by atoms with Gasteiger partial charge in [-0.2, -0.15) is 0 Å². The molecule has 0 radical (unpaired) electrons. The summed E-state index contributed by atoms with van der Waals surface area (Å²) in [6.45, 7) is 4.14. The maximum atomic E-state index is 14.2. The molecule has 0 aliphatic heterocycles. The van der Waals surface area contributed by atoms with Gasteiger partial charge in [0.25, 0.3) is 0 Å². The second-order valence-electron chi connectivity index (χ2n) is 6.04. The fraction of sp³-hybridized carbons (Fsp3) is 0.100. The molecule has 0 fully saturated rings. The lowest BCUT2D eigenvalue weighted by Gasteiger charge is -2.08. The molecular weight excluding hydrogens is 441 g/mol. The number of aromatic nitrogens is 4. The van der Waals surface area contributed by atoms with E-state index in [1.807, 2.05) is 22.9 Å². The van der Waals surface area contributed by atoms with Gasteiger partial charge in [0, 0.05) is 11.9 Å². The zero-order valence-corrected chi connectivity index (χ0v) is 18.1. The van der Waals surface area contributed by atoms with Crippen LogP contribution in [0.2, 0.25) is 0 Å². The number of hydrogen-bond donors (Lipinski definition) is 1. The highest BCUT2D eigenvalue weighted by atomic mass is 32.2. The van der Waals surface area contributed by atoms with E-state index in [4.69, 9.17) is 0 Å². The normalized spacial score (nSPS) is 10.8. The molecule has 1 aromatic carbocycles. The predicted molar refractivity (Wildman–Crippen MR) is 120 cm³/mol. The van der Waals surface area contributed by atoms with Gasteiger partial charge in [0.2, 0.25) is 5.91 Å². The van der Waals surface area contributed by atoms with Crippen LogP contribution < -0.4 is 5.32 Å². The standard InChI is InChI=1S/C20H16FN5OS3/c1-2-9-26-18(13-6-3-4-7-14(13)21)24-25-20(26)30-12-17(27)23-19-22-15(11-29-19)16-8-5-10-28-16/h2-8,10-11H,1,9,12H2,(H,22,23,27). The number of carbonyl (C=O) groups is 1. The molecule has 1 amide bonds. The van der Waals surface area contributed by atoms with Crippen molar-refractivity contribution < 1.29 is 9.18 Å². The molecule has 30 heavy (non-hydrogen) atoms. The largest absolute Gasteiger partial charge is 0.301 e. The van der Waals surface area contributed by atoms with Gasteiger partial charge in [-0.05, 0) is 23.6 Å². The summed E-state index contributed by atoms with van der Waals surface area (Å²) in [5.74, 6) is -0.0561. The zero-order valence-electron chi connectivity index (χ0n) is 15.6. The van der Waals surface area contributed by atoms with Crippen LogP contribution in [0.15, 0.2) is 65.0 Å². The maximum Gasteiger partial charge on any atom is 0.236 e. The van der Waals surface area contributed by atoms with Crippen molar-refractivity contribution in [2.75, 3.05) is 11.1 Å². The van der Waals surface area contributed by atoms with E-state index in [0.29, 0.717) is 28.2 Å². The summed E-state index contributed by atoms with van der Waals surface area (Å²) >= 11 is 4.20. The number of amides is 1. The molecule has 0 aliphatic carbocycles. The molecule has 152 valence electrons. The van der Waals surface area contributed by atoms with Crippen LogP contribution in [0.5, 0.6) is 0 Å². The third kappa shape index (κ3) is 4.50. The van der Waals surface area contributed by atoms with E-state index >= 15 is 0 Å². The summed E-state index contributed by atoms with van der Waals surface area (Å²) in [5.41, 5.74) is 1.20.